The van der Waals surface area contributed by atoms with E-state index in [4.69, 9.17) is 9.15 Å². The van der Waals surface area contributed by atoms with Gasteiger partial charge in [-0.3, -0.25) is 4.79 Å². The number of amides is 1. The van der Waals surface area contributed by atoms with Gasteiger partial charge in [-0.15, -0.1) is 0 Å². The molecule has 0 unspecified atom stereocenters. The SMILES string of the molecule is Cc1c(C(=O)N2C[C@H](C)O[C@@H](C)C2)oc2ccc(Br)cc12. The summed E-state index contributed by atoms with van der Waals surface area (Å²) in [6.07, 6.45) is 0.105. The molecule has 112 valence electrons. The van der Waals surface area contributed by atoms with Crippen molar-refractivity contribution >= 4 is 32.8 Å². The molecule has 1 aliphatic rings. The maximum Gasteiger partial charge on any atom is 0.290 e. The number of rotatable bonds is 1. The molecule has 5 heteroatoms. The van der Waals surface area contributed by atoms with Crippen molar-refractivity contribution in [3.63, 3.8) is 0 Å². The molecule has 1 fully saturated rings. The van der Waals surface area contributed by atoms with Crippen LogP contribution in [0.4, 0.5) is 0 Å². The van der Waals surface area contributed by atoms with E-state index in [2.05, 4.69) is 15.9 Å². The Kier molecular flexibility index (Phi) is 3.80. The molecule has 0 bridgehead atoms. The molecule has 1 saturated heterocycles. The molecule has 4 nitrogen and oxygen atoms in total. The normalized spacial score (nSPS) is 22.8. The minimum atomic E-state index is -0.0539. The molecule has 1 amide bonds. The van der Waals surface area contributed by atoms with Crippen molar-refractivity contribution < 1.29 is 13.9 Å². The van der Waals surface area contributed by atoms with Crippen LogP contribution in [0.2, 0.25) is 0 Å². The Balaban J connectivity index is 1.96. The van der Waals surface area contributed by atoms with E-state index in [1.807, 2.05) is 43.9 Å². The van der Waals surface area contributed by atoms with Gasteiger partial charge in [-0.05, 0) is 39.0 Å². The quantitative estimate of drug-likeness (QED) is 0.785. The molecule has 2 atom stereocenters. The molecule has 0 radical (unpaired) electrons. The van der Waals surface area contributed by atoms with Gasteiger partial charge in [0.2, 0.25) is 0 Å². The summed E-state index contributed by atoms with van der Waals surface area (Å²) < 4.78 is 12.4. The Morgan fingerprint density at radius 1 is 1.29 bits per heavy atom. The number of morpholine rings is 1. The lowest BCUT2D eigenvalue weighted by molar-refractivity contribution is -0.0592. The Morgan fingerprint density at radius 3 is 2.62 bits per heavy atom. The number of benzene rings is 1. The highest BCUT2D eigenvalue weighted by molar-refractivity contribution is 9.10. The molecule has 1 aliphatic heterocycles. The smallest absolute Gasteiger partial charge is 0.290 e. The van der Waals surface area contributed by atoms with Crippen molar-refractivity contribution in [1.82, 2.24) is 4.90 Å². The van der Waals surface area contributed by atoms with E-state index >= 15 is 0 Å². The summed E-state index contributed by atoms with van der Waals surface area (Å²) in [4.78, 5) is 14.5. The van der Waals surface area contributed by atoms with Gasteiger partial charge < -0.3 is 14.1 Å². The molecule has 2 aromatic rings. The largest absolute Gasteiger partial charge is 0.451 e. The molecule has 1 aromatic carbocycles. The van der Waals surface area contributed by atoms with E-state index in [-0.39, 0.29) is 18.1 Å². The topological polar surface area (TPSA) is 42.7 Å². The number of aryl methyl sites for hydroxylation is 1. The van der Waals surface area contributed by atoms with Crippen LogP contribution in [0, 0.1) is 6.92 Å². The fraction of sp³-hybridized carbons (Fsp3) is 0.438. The van der Waals surface area contributed by atoms with E-state index in [1.54, 1.807) is 0 Å². The van der Waals surface area contributed by atoms with Gasteiger partial charge in [0.1, 0.15) is 5.58 Å². The Labute approximate surface area is 132 Å². The standard InChI is InChI=1S/C16H18BrNO3/c1-9-7-18(8-10(2)20-9)16(19)15-11(3)13-6-12(17)4-5-14(13)21-15/h4-6,9-10H,7-8H2,1-3H3/t9-,10-/m0/s1. The second kappa shape index (κ2) is 5.46. The summed E-state index contributed by atoms with van der Waals surface area (Å²) in [5.74, 6) is 0.381. The van der Waals surface area contributed by atoms with Crippen molar-refractivity contribution in [3.8, 4) is 0 Å². The van der Waals surface area contributed by atoms with Gasteiger partial charge in [0.05, 0.1) is 12.2 Å². The van der Waals surface area contributed by atoms with Gasteiger partial charge >= 0.3 is 0 Å². The zero-order chi connectivity index (χ0) is 15.1. The second-order valence-electron chi connectivity index (χ2n) is 5.66. The minimum absolute atomic E-state index is 0.0523. The van der Waals surface area contributed by atoms with Crippen molar-refractivity contribution in [2.75, 3.05) is 13.1 Å². The molecule has 1 aromatic heterocycles. The third kappa shape index (κ3) is 2.72. The molecule has 0 spiro atoms. The van der Waals surface area contributed by atoms with E-state index in [9.17, 15) is 4.79 Å². The van der Waals surface area contributed by atoms with Crippen molar-refractivity contribution in [1.29, 1.82) is 0 Å². The Bertz CT molecular complexity index is 684. The highest BCUT2D eigenvalue weighted by Gasteiger charge is 2.29. The summed E-state index contributed by atoms with van der Waals surface area (Å²) in [5.41, 5.74) is 1.64. The van der Waals surface area contributed by atoms with Gasteiger partial charge in [-0.25, -0.2) is 0 Å². The first-order valence-corrected chi connectivity index (χ1v) is 7.88. The zero-order valence-corrected chi connectivity index (χ0v) is 13.9. The number of carbonyl (C=O) groups excluding carboxylic acids is 1. The monoisotopic (exact) mass is 351 g/mol. The van der Waals surface area contributed by atoms with Crippen LogP contribution in [0.25, 0.3) is 11.0 Å². The molecular formula is C16H18BrNO3. The molecule has 0 saturated carbocycles. The molecule has 3 rings (SSSR count). The van der Waals surface area contributed by atoms with Crippen LogP contribution >= 0.6 is 15.9 Å². The average Bonchev–Trinajstić information content (AvgIpc) is 2.74. The van der Waals surface area contributed by atoms with Crippen LogP contribution in [0.15, 0.2) is 27.1 Å². The molecule has 0 aliphatic carbocycles. The summed E-state index contributed by atoms with van der Waals surface area (Å²) in [7, 11) is 0. The van der Waals surface area contributed by atoms with E-state index in [1.165, 1.54) is 0 Å². The van der Waals surface area contributed by atoms with Gasteiger partial charge in [0.15, 0.2) is 5.76 Å². The average molecular weight is 352 g/mol. The Hall–Kier alpha value is -1.33. The van der Waals surface area contributed by atoms with E-state index in [0.717, 1.165) is 21.0 Å². The third-order valence-corrected chi connectivity index (χ3v) is 4.29. The lowest BCUT2D eigenvalue weighted by Gasteiger charge is -2.34. The van der Waals surface area contributed by atoms with Gasteiger partial charge in [0, 0.05) is 28.5 Å². The van der Waals surface area contributed by atoms with Gasteiger partial charge in [-0.2, -0.15) is 0 Å². The summed E-state index contributed by atoms with van der Waals surface area (Å²) in [5, 5.41) is 0.974. The molecule has 21 heavy (non-hydrogen) atoms. The number of carbonyl (C=O) groups is 1. The predicted octanol–water partition coefficient (Wildman–Crippen LogP) is 3.75. The fourth-order valence-electron chi connectivity index (χ4n) is 2.88. The van der Waals surface area contributed by atoms with Crippen LogP contribution in [-0.4, -0.2) is 36.1 Å². The highest BCUT2D eigenvalue weighted by Crippen LogP contribution is 2.29. The number of hydrogen-bond donors (Lipinski definition) is 0. The molecule has 0 N–H and O–H groups in total. The van der Waals surface area contributed by atoms with Crippen LogP contribution in [0.5, 0.6) is 0 Å². The highest BCUT2D eigenvalue weighted by atomic mass is 79.9. The summed E-state index contributed by atoms with van der Waals surface area (Å²) in [6, 6.07) is 5.78. The van der Waals surface area contributed by atoms with Crippen LogP contribution in [-0.2, 0) is 4.74 Å². The lowest BCUT2D eigenvalue weighted by Crippen LogP contribution is -2.48. The number of halogens is 1. The van der Waals surface area contributed by atoms with Gasteiger partial charge in [0.25, 0.3) is 5.91 Å². The number of ether oxygens (including phenoxy) is 1. The first-order chi connectivity index (χ1) is 9.95. The van der Waals surface area contributed by atoms with E-state index in [0.29, 0.717) is 18.8 Å². The summed E-state index contributed by atoms with van der Waals surface area (Å²) >= 11 is 3.45. The second-order valence-corrected chi connectivity index (χ2v) is 6.58. The van der Waals surface area contributed by atoms with Gasteiger partial charge in [-0.1, -0.05) is 15.9 Å². The molecular weight excluding hydrogens is 334 g/mol. The first-order valence-electron chi connectivity index (χ1n) is 7.09. The fourth-order valence-corrected chi connectivity index (χ4v) is 3.25. The lowest BCUT2D eigenvalue weighted by atomic mass is 10.1. The maximum absolute atomic E-state index is 12.7. The zero-order valence-electron chi connectivity index (χ0n) is 12.4. The first kappa shape index (κ1) is 14.6. The van der Waals surface area contributed by atoms with Crippen molar-refractivity contribution in [2.24, 2.45) is 0 Å². The Morgan fingerprint density at radius 2 is 1.95 bits per heavy atom. The van der Waals surface area contributed by atoms with Crippen LogP contribution in [0.3, 0.4) is 0 Å². The van der Waals surface area contributed by atoms with Crippen molar-refractivity contribution in [2.45, 2.75) is 33.0 Å². The minimum Gasteiger partial charge on any atom is -0.451 e. The number of nitrogens with zero attached hydrogens (tertiary/aromatic N) is 1. The van der Waals surface area contributed by atoms with Crippen LogP contribution < -0.4 is 0 Å². The number of fused-ring (bicyclic) bond motifs is 1. The van der Waals surface area contributed by atoms with Crippen molar-refractivity contribution in [3.05, 3.63) is 34.0 Å². The predicted molar refractivity (Wildman–Crippen MR) is 84.6 cm³/mol. The number of furan rings is 1. The van der Waals surface area contributed by atoms with Crippen LogP contribution in [0.1, 0.15) is 30.0 Å². The summed E-state index contributed by atoms with van der Waals surface area (Å²) in [6.45, 7) is 7.10. The third-order valence-electron chi connectivity index (χ3n) is 3.80. The van der Waals surface area contributed by atoms with E-state index < -0.39 is 0 Å². The maximum atomic E-state index is 12.7. The molecule has 2 heterocycles. The number of hydrogen-bond acceptors (Lipinski definition) is 3.